The minimum atomic E-state index is -0.420. The maximum Gasteiger partial charge on any atom is 0.269 e. The Morgan fingerprint density at radius 1 is 1.29 bits per heavy atom. The van der Waals surface area contributed by atoms with Gasteiger partial charge in [0.1, 0.15) is 5.76 Å². The first kappa shape index (κ1) is 11.3. The molecule has 1 unspecified atom stereocenters. The maximum atomic E-state index is 10.5. The van der Waals surface area contributed by atoms with Crippen LogP contribution < -0.4 is 5.73 Å². The number of hydrogen-bond donors (Lipinski definition) is 1. The molecule has 0 amide bonds. The Labute approximate surface area is 98.0 Å². The Morgan fingerprint density at radius 3 is 2.53 bits per heavy atom. The zero-order chi connectivity index (χ0) is 12.3. The van der Waals surface area contributed by atoms with E-state index in [1.165, 1.54) is 12.1 Å². The molecule has 17 heavy (non-hydrogen) atoms. The van der Waals surface area contributed by atoms with Crippen LogP contribution in [0.5, 0.6) is 0 Å². The van der Waals surface area contributed by atoms with Crippen molar-refractivity contribution in [1.82, 2.24) is 0 Å². The monoisotopic (exact) mass is 232 g/mol. The van der Waals surface area contributed by atoms with E-state index in [0.717, 1.165) is 5.56 Å². The van der Waals surface area contributed by atoms with Gasteiger partial charge in [-0.15, -0.1) is 0 Å². The molecule has 0 bridgehead atoms. The number of nitro benzene ring substituents is 1. The lowest BCUT2D eigenvalue weighted by Gasteiger charge is -2.08. The molecule has 0 fully saturated rings. The van der Waals surface area contributed by atoms with Crippen molar-refractivity contribution in [2.75, 3.05) is 0 Å². The topological polar surface area (TPSA) is 82.3 Å². The van der Waals surface area contributed by atoms with Crippen molar-refractivity contribution < 1.29 is 9.34 Å². The Morgan fingerprint density at radius 2 is 2.00 bits per heavy atom. The van der Waals surface area contributed by atoms with Gasteiger partial charge in [-0.05, 0) is 24.1 Å². The van der Waals surface area contributed by atoms with Crippen LogP contribution in [0.15, 0.2) is 47.1 Å². The van der Waals surface area contributed by atoms with Crippen LogP contribution >= 0.6 is 0 Å². The second-order valence-electron chi connectivity index (χ2n) is 3.75. The quantitative estimate of drug-likeness (QED) is 0.648. The highest BCUT2D eigenvalue weighted by Gasteiger charge is 2.11. The molecule has 1 atom stereocenters. The van der Waals surface area contributed by atoms with E-state index in [1.54, 1.807) is 24.5 Å². The fraction of sp³-hybridized carbons (Fsp3) is 0.167. The molecular weight excluding hydrogens is 220 g/mol. The minimum Gasteiger partial charge on any atom is -0.468 e. The van der Waals surface area contributed by atoms with Gasteiger partial charge < -0.3 is 10.2 Å². The van der Waals surface area contributed by atoms with Crippen molar-refractivity contribution >= 4 is 5.69 Å². The van der Waals surface area contributed by atoms with Crippen molar-refractivity contribution in [2.24, 2.45) is 5.73 Å². The van der Waals surface area contributed by atoms with E-state index in [-0.39, 0.29) is 11.7 Å². The fourth-order valence-electron chi connectivity index (χ4n) is 1.61. The number of nitrogens with two attached hydrogens (primary N) is 1. The summed E-state index contributed by atoms with van der Waals surface area (Å²) >= 11 is 0. The third-order valence-electron chi connectivity index (χ3n) is 2.51. The molecule has 1 heterocycles. The molecule has 0 saturated heterocycles. The van der Waals surface area contributed by atoms with Crippen LogP contribution in [0.4, 0.5) is 5.69 Å². The second-order valence-corrected chi connectivity index (χ2v) is 3.75. The number of rotatable bonds is 4. The van der Waals surface area contributed by atoms with E-state index >= 15 is 0 Å². The number of nitro groups is 1. The highest BCUT2D eigenvalue weighted by molar-refractivity contribution is 5.33. The normalized spacial score (nSPS) is 12.3. The van der Waals surface area contributed by atoms with Gasteiger partial charge in [0.2, 0.25) is 0 Å². The van der Waals surface area contributed by atoms with Crippen molar-refractivity contribution in [3.63, 3.8) is 0 Å². The smallest absolute Gasteiger partial charge is 0.269 e. The van der Waals surface area contributed by atoms with Crippen molar-refractivity contribution in [2.45, 2.75) is 12.5 Å². The Balaban J connectivity index is 2.06. The summed E-state index contributed by atoms with van der Waals surface area (Å²) < 4.78 is 5.20. The lowest BCUT2D eigenvalue weighted by atomic mass is 10.0. The van der Waals surface area contributed by atoms with Crippen LogP contribution in [0.2, 0.25) is 0 Å². The van der Waals surface area contributed by atoms with E-state index in [4.69, 9.17) is 10.2 Å². The predicted molar refractivity (Wildman–Crippen MR) is 62.4 cm³/mol. The van der Waals surface area contributed by atoms with Gasteiger partial charge in [-0.3, -0.25) is 10.1 Å². The van der Waals surface area contributed by atoms with Gasteiger partial charge in [0.15, 0.2) is 0 Å². The first-order valence-corrected chi connectivity index (χ1v) is 5.19. The molecule has 2 aromatic rings. The average Bonchev–Trinajstić information content (AvgIpc) is 2.83. The standard InChI is InChI=1S/C12H12N2O3/c13-11(12-2-1-7-17-12)8-9-3-5-10(6-4-9)14(15)16/h1-7,11H,8,13H2. The first-order chi connectivity index (χ1) is 8.16. The number of furan rings is 1. The van der Waals surface area contributed by atoms with Gasteiger partial charge in [-0.1, -0.05) is 12.1 Å². The summed E-state index contributed by atoms with van der Waals surface area (Å²) in [6, 6.07) is 9.74. The zero-order valence-corrected chi connectivity index (χ0v) is 9.08. The maximum absolute atomic E-state index is 10.5. The lowest BCUT2D eigenvalue weighted by molar-refractivity contribution is -0.384. The van der Waals surface area contributed by atoms with Gasteiger partial charge >= 0.3 is 0 Å². The molecule has 0 aliphatic rings. The summed E-state index contributed by atoms with van der Waals surface area (Å²) in [5, 5.41) is 10.5. The largest absolute Gasteiger partial charge is 0.468 e. The highest BCUT2D eigenvalue weighted by Crippen LogP contribution is 2.18. The first-order valence-electron chi connectivity index (χ1n) is 5.19. The third kappa shape index (κ3) is 2.70. The predicted octanol–water partition coefficient (Wildman–Crippen LogP) is 2.43. The number of hydrogen-bond acceptors (Lipinski definition) is 4. The third-order valence-corrected chi connectivity index (χ3v) is 2.51. The lowest BCUT2D eigenvalue weighted by Crippen LogP contribution is -2.12. The van der Waals surface area contributed by atoms with Gasteiger partial charge in [-0.25, -0.2) is 0 Å². The second kappa shape index (κ2) is 4.80. The Kier molecular flexibility index (Phi) is 3.20. The molecular formula is C12H12N2O3. The number of nitrogens with zero attached hydrogens (tertiary/aromatic N) is 1. The van der Waals surface area contributed by atoms with Gasteiger partial charge in [0.25, 0.3) is 5.69 Å². The summed E-state index contributed by atoms with van der Waals surface area (Å²) in [4.78, 5) is 10.1. The van der Waals surface area contributed by atoms with Crippen LogP contribution in [-0.2, 0) is 6.42 Å². The van der Waals surface area contributed by atoms with E-state index in [1.807, 2.05) is 6.07 Å². The molecule has 0 aliphatic heterocycles. The van der Waals surface area contributed by atoms with Crippen LogP contribution in [0.3, 0.4) is 0 Å². The summed E-state index contributed by atoms with van der Waals surface area (Å²) in [5.41, 5.74) is 6.97. The molecule has 2 rings (SSSR count). The molecule has 88 valence electrons. The van der Waals surface area contributed by atoms with Gasteiger partial charge in [0, 0.05) is 12.1 Å². The van der Waals surface area contributed by atoms with Crippen molar-refractivity contribution in [1.29, 1.82) is 0 Å². The average molecular weight is 232 g/mol. The number of benzene rings is 1. The van der Waals surface area contributed by atoms with Gasteiger partial charge in [-0.2, -0.15) is 0 Å². The number of non-ortho nitro benzene ring substituents is 1. The SMILES string of the molecule is NC(Cc1ccc([N+](=O)[O-])cc1)c1ccco1. The molecule has 1 aromatic heterocycles. The van der Waals surface area contributed by atoms with Crippen LogP contribution in [0.25, 0.3) is 0 Å². The van der Waals surface area contributed by atoms with E-state index < -0.39 is 4.92 Å². The molecule has 5 nitrogen and oxygen atoms in total. The summed E-state index contributed by atoms with van der Waals surface area (Å²) in [7, 11) is 0. The molecule has 0 saturated carbocycles. The van der Waals surface area contributed by atoms with Crippen LogP contribution in [0.1, 0.15) is 17.4 Å². The zero-order valence-electron chi connectivity index (χ0n) is 9.08. The molecule has 0 spiro atoms. The summed E-state index contributed by atoms with van der Waals surface area (Å²) in [5.74, 6) is 0.711. The highest BCUT2D eigenvalue weighted by atomic mass is 16.6. The van der Waals surface area contributed by atoms with Crippen molar-refractivity contribution in [3.05, 3.63) is 64.1 Å². The van der Waals surface area contributed by atoms with Gasteiger partial charge in [0.05, 0.1) is 17.2 Å². The Hall–Kier alpha value is -2.14. The molecule has 0 radical (unpaired) electrons. The molecule has 2 N–H and O–H groups in total. The summed E-state index contributed by atoms with van der Waals surface area (Å²) in [6.07, 6.45) is 2.16. The molecule has 5 heteroatoms. The molecule has 1 aromatic carbocycles. The van der Waals surface area contributed by atoms with E-state index in [9.17, 15) is 10.1 Å². The Bertz CT molecular complexity index is 491. The summed E-state index contributed by atoms with van der Waals surface area (Å²) in [6.45, 7) is 0. The molecule has 0 aliphatic carbocycles. The minimum absolute atomic E-state index is 0.0836. The van der Waals surface area contributed by atoms with E-state index in [0.29, 0.717) is 12.2 Å². The van der Waals surface area contributed by atoms with E-state index in [2.05, 4.69) is 0 Å². The van der Waals surface area contributed by atoms with Crippen LogP contribution in [0, 0.1) is 10.1 Å². The van der Waals surface area contributed by atoms with Crippen molar-refractivity contribution in [3.8, 4) is 0 Å². The fourth-order valence-corrected chi connectivity index (χ4v) is 1.61. The van der Waals surface area contributed by atoms with Crippen LogP contribution in [-0.4, -0.2) is 4.92 Å².